The van der Waals surface area contributed by atoms with Crippen LogP contribution in [0.2, 0.25) is 0 Å². The second kappa shape index (κ2) is 5.40. The molecule has 0 aliphatic rings. The topological polar surface area (TPSA) is 60.1 Å². The van der Waals surface area contributed by atoms with Gasteiger partial charge in [-0.05, 0) is 18.1 Å². The van der Waals surface area contributed by atoms with Gasteiger partial charge in [-0.3, -0.25) is 14.0 Å². The number of aromatic hydroxyl groups is 1. The number of fused-ring (bicyclic) bond motifs is 1. The zero-order valence-corrected chi connectivity index (χ0v) is 12.9. The number of pyridine rings is 1. The van der Waals surface area contributed by atoms with Gasteiger partial charge in [0.2, 0.25) is 0 Å². The van der Waals surface area contributed by atoms with Crippen molar-refractivity contribution in [1.29, 1.82) is 0 Å². The fourth-order valence-electron chi connectivity index (χ4n) is 2.74. The molecule has 8 heteroatoms. The van der Waals surface area contributed by atoms with E-state index in [2.05, 4.69) is 5.10 Å². The van der Waals surface area contributed by atoms with E-state index >= 15 is 0 Å². The summed E-state index contributed by atoms with van der Waals surface area (Å²) in [4.78, 5) is 12.7. The number of nitrogens with zero attached hydrogens (tertiary/aromatic N) is 3. The predicted octanol–water partition coefficient (Wildman–Crippen LogP) is 2.98. The highest BCUT2D eigenvalue weighted by Crippen LogP contribution is 2.34. The number of hydrogen-bond donors (Lipinski definition) is 1. The Bertz CT molecular complexity index is 987. The van der Waals surface area contributed by atoms with Gasteiger partial charge < -0.3 is 5.11 Å². The molecule has 24 heavy (non-hydrogen) atoms. The van der Waals surface area contributed by atoms with Crippen molar-refractivity contribution < 1.29 is 18.3 Å². The number of aromatic nitrogens is 3. The molecular formula is C16H14F3N3O2. The van der Waals surface area contributed by atoms with Crippen molar-refractivity contribution in [3.05, 3.63) is 46.4 Å². The summed E-state index contributed by atoms with van der Waals surface area (Å²) in [7, 11) is 1.51. The van der Waals surface area contributed by atoms with Crippen molar-refractivity contribution in [2.45, 2.75) is 19.6 Å². The molecule has 0 spiro atoms. The highest BCUT2D eigenvalue weighted by atomic mass is 19.4. The molecule has 3 aromatic rings. The molecule has 126 valence electrons. The first-order valence-electron chi connectivity index (χ1n) is 7.11. The van der Waals surface area contributed by atoms with Gasteiger partial charge in [0.05, 0.1) is 11.1 Å². The average Bonchev–Trinajstić information content (AvgIpc) is 2.87. The molecule has 0 radical (unpaired) electrons. The van der Waals surface area contributed by atoms with Gasteiger partial charge >= 0.3 is 6.18 Å². The van der Waals surface area contributed by atoms with Crippen molar-refractivity contribution in [3.63, 3.8) is 0 Å². The summed E-state index contributed by atoms with van der Waals surface area (Å²) in [6.07, 6.45) is -3.30. The maximum absolute atomic E-state index is 12.9. The molecule has 0 bridgehead atoms. The third kappa shape index (κ3) is 2.64. The van der Waals surface area contributed by atoms with E-state index in [-0.39, 0.29) is 16.6 Å². The zero-order valence-electron chi connectivity index (χ0n) is 12.9. The normalized spacial score (nSPS) is 12.0. The lowest BCUT2D eigenvalue weighted by atomic mass is 10.0. The summed E-state index contributed by atoms with van der Waals surface area (Å²) in [5, 5.41) is 14.5. The van der Waals surface area contributed by atoms with Crippen LogP contribution in [0, 0.1) is 6.92 Å². The predicted molar refractivity (Wildman–Crippen MR) is 82.9 cm³/mol. The lowest BCUT2D eigenvalue weighted by molar-refractivity contribution is -0.140. The molecule has 0 aliphatic carbocycles. The highest BCUT2D eigenvalue weighted by molar-refractivity contribution is 5.89. The first-order valence-corrected chi connectivity index (χ1v) is 7.11. The van der Waals surface area contributed by atoms with Gasteiger partial charge in [0, 0.05) is 13.2 Å². The van der Waals surface area contributed by atoms with Gasteiger partial charge in [-0.15, -0.1) is 0 Å². The summed E-state index contributed by atoms with van der Waals surface area (Å²) in [5.41, 5.74) is -0.139. The molecule has 1 aromatic carbocycles. The number of benzene rings is 1. The van der Waals surface area contributed by atoms with Gasteiger partial charge in [0.25, 0.3) is 5.56 Å². The van der Waals surface area contributed by atoms with E-state index in [1.54, 1.807) is 31.2 Å². The van der Waals surface area contributed by atoms with Crippen LogP contribution in [0.4, 0.5) is 13.2 Å². The first kappa shape index (κ1) is 16.1. The molecular weight excluding hydrogens is 323 g/mol. The SMILES string of the molecule is Cc1ccccc1-c1c(O)c2nn(C)cc2n(CC(F)(F)F)c1=O. The van der Waals surface area contributed by atoms with Crippen molar-refractivity contribution in [1.82, 2.24) is 14.3 Å². The van der Waals surface area contributed by atoms with Gasteiger partial charge in [0.15, 0.2) is 11.3 Å². The fourth-order valence-corrected chi connectivity index (χ4v) is 2.74. The van der Waals surface area contributed by atoms with Crippen LogP contribution < -0.4 is 5.56 Å². The average molecular weight is 337 g/mol. The van der Waals surface area contributed by atoms with Gasteiger partial charge in [-0.1, -0.05) is 24.3 Å². The van der Waals surface area contributed by atoms with E-state index in [0.717, 1.165) is 0 Å². The van der Waals surface area contributed by atoms with Crippen LogP contribution in [0.3, 0.4) is 0 Å². The van der Waals surface area contributed by atoms with Crippen molar-refractivity contribution in [2.75, 3.05) is 0 Å². The summed E-state index contributed by atoms with van der Waals surface area (Å²) in [6, 6.07) is 6.69. The van der Waals surface area contributed by atoms with E-state index in [1.165, 1.54) is 17.9 Å². The number of rotatable bonds is 2. The zero-order chi connectivity index (χ0) is 17.6. The molecule has 2 aromatic heterocycles. The minimum Gasteiger partial charge on any atom is -0.505 e. The number of alkyl halides is 3. The third-order valence-electron chi connectivity index (χ3n) is 3.77. The van der Waals surface area contributed by atoms with E-state index in [9.17, 15) is 23.1 Å². The summed E-state index contributed by atoms with van der Waals surface area (Å²) >= 11 is 0. The molecule has 3 rings (SSSR count). The second-order valence-electron chi connectivity index (χ2n) is 5.58. The van der Waals surface area contributed by atoms with Crippen molar-refractivity contribution in [2.24, 2.45) is 7.05 Å². The Labute approximate surface area is 134 Å². The van der Waals surface area contributed by atoms with E-state index in [4.69, 9.17) is 0 Å². The fraction of sp³-hybridized carbons (Fsp3) is 0.250. The van der Waals surface area contributed by atoms with Crippen LogP contribution in [-0.4, -0.2) is 25.6 Å². The number of aryl methyl sites for hydroxylation is 2. The standard InChI is InChI=1S/C16H14F3N3O2/c1-9-5-3-4-6-10(9)12-14(23)13-11(7-21(2)20-13)22(15(12)24)8-16(17,18)19/h3-7,23H,8H2,1-2H3. The Hall–Kier alpha value is -2.77. The van der Waals surface area contributed by atoms with Crippen LogP contribution in [-0.2, 0) is 13.6 Å². The lowest BCUT2D eigenvalue weighted by Gasteiger charge is -2.14. The van der Waals surface area contributed by atoms with Crippen LogP contribution in [0.15, 0.2) is 35.3 Å². The molecule has 5 nitrogen and oxygen atoms in total. The summed E-state index contributed by atoms with van der Waals surface area (Å²) in [5.74, 6) is -0.414. The van der Waals surface area contributed by atoms with Crippen molar-refractivity contribution in [3.8, 4) is 16.9 Å². The third-order valence-corrected chi connectivity index (χ3v) is 3.77. The van der Waals surface area contributed by atoms with E-state index in [0.29, 0.717) is 15.7 Å². The molecule has 0 atom stereocenters. The summed E-state index contributed by atoms with van der Waals surface area (Å²) in [6.45, 7) is 0.262. The molecule has 0 amide bonds. The Kier molecular flexibility index (Phi) is 3.62. The van der Waals surface area contributed by atoms with Gasteiger partial charge in [0.1, 0.15) is 6.54 Å². The van der Waals surface area contributed by atoms with Crippen LogP contribution in [0.25, 0.3) is 22.2 Å². The van der Waals surface area contributed by atoms with Crippen LogP contribution in [0.5, 0.6) is 5.75 Å². The molecule has 0 aliphatic heterocycles. The Morgan fingerprint density at radius 1 is 1.25 bits per heavy atom. The Morgan fingerprint density at radius 3 is 2.54 bits per heavy atom. The van der Waals surface area contributed by atoms with E-state index in [1.807, 2.05) is 0 Å². The number of halogens is 3. The molecule has 2 heterocycles. The van der Waals surface area contributed by atoms with Gasteiger partial charge in [-0.2, -0.15) is 18.3 Å². The largest absolute Gasteiger partial charge is 0.505 e. The maximum Gasteiger partial charge on any atom is 0.406 e. The molecule has 1 N–H and O–H groups in total. The van der Waals surface area contributed by atoms with Gasteiger partial charge in [-0.25, -0.2) is 0 Å². The quantitative estimate of drug-likeness (QED) is 0.782. The number of hydrogen-bond acceptors (Lipinski definition) is 3. The van der Waals surface area contributed by atoms with Crippen LogP contribution >= 0.6 is 0 Å². The minimum atomic E-state index is -4.58. The van der Waals surface area contributed by atoms with E-state index < -0.39 is 24.0 Å². The Morgan fingerprint density at radius 2 is 1.92 bits per heavy atom. The monoisotopic (exact) mass is 337 g/mol. The minimum absolute atomic E-state index is 0.0420. The Balaban J connectivity index is 2.43. The molecule has 0 unspecified atom stereocenters. The lowest BCUT2D eigenvalue weighted by Crippen LogP contribution is -2.29. The summed E-state index contributed by atoms with van der Waals surface area (Å²) < 4.78 is 40.6. The van der Waals surface area contributed by atoms with Crippen molar-refractivity contribution >= 4 is 11.0 Å². The molecule has 0 fully saturated rings. The molecule has 0 saturated heterocycles. The molecule has 0 saturated carbocycles. The van der Waals surface area contributed by atoms with Crippen LogP contribution in [0.1, 0.15) is 5.56 Å². The highest BCUT2D eigenvalue weighted by Gasteiger charge is 2.31. The first-order chi connectivity index (χ1) is 11.2. The smallest absolute Gasteiger partial charge is 0.406 e. The second-order valence-corrected chi connectivity index (χ2v) is 5.58. The maximum atomic E-state index is 12.9.